The maximum absolute atomic E-state index is 12.8. The van der Waals surface area contributed by atoms with Crippen molar-refractivity contribution in [1.82, 2.24) is 20.2 Å². The molecule has 1 aliphatic rings. The lowest BCUT2D eigenvalue weighted by atomic mass is 10.0. The Labute approximate surface area is 165 Å². The molecule has 0 radical (unpaired) electrons. The van der Waals surface area contributed by atoms with Crippen LogP contribution >= 0.6 is 15.9 Å². The van der Waals surface area contributed by atoms with Crippen molar-refractivity contribution in [2.75, 3.05) is 18.6 Å². The van der Waals surface area contributed by atoms with E-state index in [4.69, 9.17) is 4.74 Å². The molecular weight excluding hydrogens is 410 g/mol. The molecule has 1 aliphatic heterocycles. The Bertz CT molecular complexity index is 970. The van der Waals surface area contributed by atoms with Crippen LogP contribution in [-0.4, -0.2) is 39.8 Å². The fraction of sp³-hybridized carbons (Fsp3) is 0.263. The molecule has 4 rings (SSSR count). The third-order valence-electron chi connectivity index (χ3n) is 4.54. The van der Waals surface area contributed by atoms with Crippen LogP contribution < -0.4 is 9.64 Å². The molecule has 2 heterocycles. The smallest absolute Gasteiger partial charge is 0.250 e. The molecule has 0 spiro atoms. The maximum Gasteiger partial charge on any atom is 0.250 e. The van der Waals surface area contributed by atoms with Crippen molar-refractivity contribution in [2.24, 2.45) is 0 Å². The summed E-state index contributed by atoms with van der Waals surface area (Å²) in [7, 11) is 1.65. The zero-order valence-electron chi connectivity index (χ0n) is 14.8. The highest BCUT2D eigenvalue weighted by Gasteiger charge is 2.24. The van der Waals surface area contributed by atoms with E-state index in [9.17, 15) is 4.79 Å². The number of hydrogen-bond acceptors (Lipinski definition) is 5. The van der Waals surface area contributed by atoms with Gasteiger partial charge in [0.1, 0.15) is 12.3 Å². The molecule has 1 aromatic heterocycles. The number of methoxy groups -OCH3 is 1. The van der Waals surface area contributed by atoms with Crippen molar-refractivity contribution in [3.63, 3.8) is 0 Å². The highest BCUT2D eigenvalue weighted by molar-refractivity contribution is 9.10. The third-order valence-corrected chi connectivity index (χ3v) is 5.07. The van der Waals surface area contributed by atoms with Crippen molar-refractivity contribution < 1.29 is 9.53 Å². The van der Waals surface area contributed by atoms with Gasteiger partial charge in [-0.3, -0.25) is 4.79 Å². The fourth-order valence-corrected chi connectivity index (χ4v) is 3.45. The van der Waals surface area contributed by atoms with Gasteiger partial charge in [0.25, 0.3) is 5.91 Å². The first-order chi connectivity index (χ1) is 13.1. The van der Waals surface area contributed by atoms with Crippen LogP contribution in [0.3, 0.4) is 0 Å². The van der Waals surface area contributed by atoms with Crippen LogP contribution in [0.1, 0.15) is 12.0 Å². The van der Waals surface area contributed by atoms with Crippen LogP contribution in [0.2, 0.25) is 0 Å². The quantitative estimate of drug-likeness (QED) is 0.639. The Balaban J connectivity index is 1.51. The molecule has 7 nitrogen and oxygen atoms in total. The van der Waals surface area contributed by atoms with Gasteiger partial charge in [0.2, 0.25) is 5.82 Å². The summed E-state index contributed by atoms with van der Waals surface area (Å²) in [6, 6.07) is 13.5. The lowest BCUT2D eigenvalue weighted by Gasteiger charge is -2.29. The van der Waals surface area contributed by atoms with Gasteiger partial charge >= 0.3 is 0 Å². The van der Waals surface area contributed by atoms with Crippen molar-refractivity contribution in [2.45, 2.75) is 19.4 Å². The number of aromatic nitrogens is 4. The monoisotopic (exact) mass is 427 g/mol. The van der Waals surface area contributed by atoms with Crippen molar-refractivity contribution in [3.05, 3.63) is 52.5 Å². The van der Waals surface area contributed by atoms with E-state index in [1.165, 1.54) is 4.80 Å². The Kier molecular flexibility index (Phi) is 4.89. The fourth-order valence-electron chi connectivity index (χ4n) is 3.19. The summed E-state index contributed by atoms with van der Waals surface area (Å²) >= 11 is 3.40. The number of aryl methyl sites for hydroxylation is 1. The number of halogens is 1. The predicted octanol–water partition coefficient (Wildman–Crippen LogP) is 3.09. The molecule has 0 bridgehead atoms. The Morgan fingerprint density at radius 1 is 1.22 bits per heavy atom. The number of amides is 1. The molecule has 138 valence electrons. The highest BCUT2D eigenvalue weighted by atomic mass is 79.9. The Morgan fingerprint density at radius 3 is 2.81 bits per heavy atom. The number of anilines is 1. The summed E-state index contributed by atoms with van der Waals surface area (Å²) < 4.78 is 6.27. The second kappa shape index (κ2) is 7.48. The molecule has 27 heavy (non-hydrogen) atoms. The number of benzene rings is 2. The molecule has 1 amide bonds. The molecule has 0 atom stereocenters. The normalized spacial score (nSPS) is 13.3. The Morgan fingerprint density at radius 2 is 2.04 bits per heavy atom. The predicted molar refractivity (Wildman–Crippen MR) is 105 cm³/mol. The topological polar surface area (TPSA) is 73.1 Å². The number of fused-ring (bicyclic) bond motifs is 1. The van der Waals surface area contributed by atoms with Crippen LogP contribution in [0, 0.1) is 0 Å². The number of tetrazole rings is 1. The summed E-state index contributed by atoms with van der Waals surface area (Å²) in [4.78, 5) is 16.0. The average Bonchev–Trinajstić information content (AvgIpc) is 3.16. The summed E-state index contributed by atoms with van der Waals surface area (Å²) in [5, 5.41) is 12.4. The third kappa shape index (κ3) is 3.71. The van der Waals surface area contributed by atoms with E-state index in [1.54, 1.807) is 12.0 Å². The first kappa shape index (κ1) is 17.7. The maximum atomic E-state index is 12.8. The summed E-state index contributed by atoms with van der Waals surface area (Å²) in [5.74, 6) is 1.25. The highest BCUT2D eigenvalue weighted by Crippen LogP contribution is 2.30. The van der Waals surface area contributed by atoms with Crippen LogP contribution in [0.15, 0.2) is 46.9 Å². The zero-order chi connectivity index (χ0) is 18.8. The number of carbonyl (C=O) groups is 1. The van der Waals surface area contributed by atoms with Crippen LogP contribution in [0.4, 0.5) is 5.69 Å². The van der Waals surface area contributed by atoms with Gasteiger partial charge < -0.3 is 9.64 Å². The van der Waals surface area contributed by atoms with Gasteiger partial charge in [-0.2, -0.15) is 4.80 Å². The van der Waals surface area contributed by atoms with Crippen molar-refractivity contribution >= 4 is 27.5 Å². The molecule has 0 unspecified atom stereocenters. The molecule has 2 aromatic carbocycles. The van der Waals surface area contributed by atoms with E-state index >= 15 is 0 Å². The number of carbonyl (C=O) groups excluding carboxylic acids is 1. The van der Waals surface area contributed by atoms with E-state index in [1.807, 2.05) is 42.5 Å². The SMILES string of the molecule is COc1ccc2c(c1)CCCN2C(=O)Cn1nnc(-c2ccc(Br)cc2)n1. The van der Waals surface area contributed by atoms with Gasteiger partial charge in [0.15, 0.2) is 0 Å². The standard InChI is InChI=1S/C19H18BrN5O2/c1-27-16-8-9-17-14(11-16)3-2-10-24(17)18(26)12-25-22-19(21-23-25)13-4-6-15(20)7-5-13/h4-9,11H,2-3,10,12H2,1H3. The number of ether oxygens (including phenoxy) is 1. The van der Waals surface area contributed by atoms with E-state index in [-0.39, 0.29) is 12.5 Å². The average molecular weight is 428 g/mol. The van der Waals surface area contributed by atoms with Crippen molar-refractivity contribution in [3.8, 4) is 17.1 Å². The molecular formula is C19H18BrN5O2. The van der Waals surface area contributed by atoms with Crippen LogP contribution in [0.25, 0.3) is 11.4 Å². The molecule has 0 saturated carbocycles. The molecule has 8 heteroatoms. The van der Waals surface area contributed by atoms with Gasteiger partial charge in [-0.1, -0.05) is 15.9 Å². The minimum absolute atomic E-state index is 0.0506. The molecule has 3 aromatic rings. The zero-order valence-corrected chi connectivity index (χ0v) is 16.4. The molecule has 0 aliphatic carbocycles. The van der Waals surface area contributed by atoms with Gasteiger partial charge in [0.05, 0.1) is 7.11 Å². The minimum atomic E-state index is -0.0547. The van der Waals surface area contributed by atoms with E-state index in [2.05, 4.69) is 31.3 Å². The summed E-state index contributed by atoms with van der Waals surface area (Å²) in [6.07, 6.45) is 1.85. The van der Waals surface area contributed by atoms with E-state index in [0.29, 0.717) is 12.4 Å². The molecule has 0 fully saturated rings. The number of hydrogen-bond donors (Lipinski definition) is 0. The lowest BCUT2D eigenvalue weighted by molar-refractivity contribution is -0.119. The first-order valence-corrected chi connectivity index (χ1v) is 9.44. The second-order valence-corrected chi connectivity index (χ2v) is 7.21. The van der Waals surface area contributed by atoms with Gasteiger partial charge in [0, 0.05) is 22.3 Å². The molecule has 0 saturated heterocycles. The van der Waals surface area contributed by atoms with Crippen LogP contribution in [0.5, 0.6) is 5.75 Å². The van der Waals surface area contributed by atoms with Gasteiger partial charge in [-0.05, 0) is 66.1 Å². The molecule has 0 N–H and O–H groups in total. The largest absolute Gasteiger partial charge is 0.497 e. The Hall–Kier alpha value is -2.74. The van der Waals surface area contributed by atoms with Gasteiger partial charge in [-0.25, -0.2) is 0 Å². The summed E-state index contributed by atoms with van der Waals surface area (Å²) in [6.45, 7) is 0.738. The first-order valence-electron chi connectivity index (χ1n) is 8.65. The van der Waals surface area contributed by atoms with Crippen molar-refractivity contribution in [1.29, 1.82) is 0 Å². The summed E-state index contributed by atoms with van der Waals surface area (Å²) in [5.41, 5.74) is 2.91. The number of rotatable bonds is 4. The van der Waals surface area contributed by atoms with Crippen LogP contribution in [-0.2, 0) is 17.8 Å². The van der Waals surface area contributed by atoms with E-state index < -0.39 is 0 Å². The second-order valence-electron chi connectivity index (χ2n) is 6.29. The van der Waals surface area contributed by atoms with E-state index in [0.717, 1.165) is 39.9 Å². The minimum Gasteiger partial charge on any atom is -0.497 e. The number of nitrogens with zero attached hydrogens (tertiary/aromatic N) is 5. The van der Waals surface area contributed by atoms with Gasteiger partial charge in [-0.15, -0.1) is 10.2 Å². The lowest BCUT2D eigenvalue weighted by Crippen LogP contribution is -2.38.